The summed E-state index contributed by atoms with van der Waals surface area (Å²) in [4.78, 5) is 0. The lowest BCUT2D eigenvalue weighted by molar-refractivity contribution is 1.65. The first-order valence-corrected chi connectivity index (χ1v) is 12.1. The van der Waals surface area contributed by atoms with Gasteiger partial charge in [-0.15, -0.1) is 0 Å². The van der Waals surface area contributed by atoms with Crippen LogP contribution in [0.2, 0.25) is 0 Å². The van der Waals surface area contributed by atoms with Gasteiger partial charge in [0.15, 0.2) is 0 Å². The van der Waals surface area contributed by atoms with Gasteiger partial charge in [0.25, 0.3) is 0 Å². The summed E-state index contributed by atoms with van der Waals surface area (Å²) in [6.07, 6.45) is 0. The van der Waals surface area contributed by atoms with E-state index in [2.05, 4.69) is 0 Å². The monoisotopic (exact) mass is 528 g/mol. The Morgan fingerprint density at radius 1 is 0.325 bits per heavy atom. The van der Waals surface area contributed by atoms with E-state index < -0.39 is 171 Å². The van der Waals surface area contributed by atoms with Crippen LogP contribution in [0.15, 0.2) is 157 Å². The van der Waals surface area contributed by atoms with Gasteiger partial charge in [0.1, 0.15) is 0 Å². The van der Waals surface area contributed by atoms with Gasteiger partial charge in [0.2, 0.25) is 0 Å². The average molecular weight is 529 g/mol. The quantitative estimate of drug-likeness (QED) is 0.200. The lowest BCUT2D eigenvalue weighted by Crippen LogP contribution is -1.92. The molecular weight excluding hydrogens is 480 g/mol. The van der Waals surface area contributed by atoms with Crippen LogP contribution >= 0.6 is 0 Å². The topological polar surface area (TPSA) is 0 Å². The molecule has 186 valence electrons. The van der Waals surface area contributed by atoms with Crippen molar-refractivity contribution in [3.63, 3.8) is 0 Å². The summed E-state index contributed by atoms with van der Waals surface area (Å²) in [7, 11) is 0. The molecule has 8 aromatic carbocycles. The van der Waals surface area contributed by atoms with Crippen LogP contribution in [-0.2, 0) is 0 Å². The van der Waals surface area contributed by atoms with E-state index in [-0.39, 0.29) is 38.2 Å². The summed E-state index contributed by atoms with van der Waals surface area (Å²) < 4.78 is 193. The summed E-state index contributed by atoms with van der Waals surface area (Å²) in [5.74, 6) is 0. The van der Waals surface area contributed by atoms with Crippen molar-refractivity contribution in [3.05, 3.63) is 157 Å². The minimum atomic E-state index is -0.876. The number of hydrogen-bond donors (Lipinski definition) is 0. The first-order chi connectivity index (χ1) is 29.0. The molecule has 0 aliphatic heterocycles. The molecule has 0 aromatic heterocycles. The Bertz CT molecular complexity index is 3330. The third kappa shape index (κ3) is 3.54. The summed E-state index contributed by atoms with van der Waals surface area (Å²) in [6.45, 7) is 0. The molecule has 0 unspecified atom stereocenters. The molecule has 0 fully saturated rings. The van der Waals surface area contributed by atoms with E-state index >= 15 is 0 Å². The maximum Gasteiger partial charge on any atom is 0.0636 e. The third-order valence-electron chi connectivity index (χ3n) is 6.69. The molecule has 0 atom stereocenters. The van der Waals surface area contributed by atoms with Crippen molar-refractivity contribution in [2.24, 2.45) is 0 Å². The lowest BCUT2D eigenvalue weighted by Gasteiger charge is -2.19. The Labute approximate surface area is 264 Å². The summed E-state index contributed by atoms with van der Waals surface area (Å²) >= 11 is 0. The van der Waals surface area contributed by atoms with Crippen molar-refractivity contribution in [3.8, 4) is 33.4 Å². The van der Waals surface area contributed by atoms with E-state index in [1.54, 1.807) is 0 Å². The molecule has 0 heterocycles. The fraction of sp³-hybridized carbons (Fsp3) is 0. The van der Waals surface area contributed by atoms with Gasteiger partial charge in [-0.05, 0) is 82.5 Å². The molecule has 40 heavy (non-hydrogen) atoms. The van der Waals surface area contributed by atoms with Gasteiger partial charge in [-0.1, -0.05) is 151 Å². The highest BCUT2D eigenvalue weighted by Crippen LogP contribution is 2.46. The van der Waals surface area contributed by atoms with E-state index in [0.29, 0.717) is 0 Å². The largest absolute Gasteiger partial charge is 0.0636 e. The normalized spacial score (nSPS) is 19.2. The van der Waals surface area contributed by atoms with Crippen molar-refractivity contribution < 1.29 is 30.2 Å². The van der Waals surface area contributed by atoms with Gasteiger partial charge in [0, 0.05) is 0 Å². The Kier molecular flexibility index (Phi) is 2.25. The molecule has 0 aliphatic carbocycles. The Balaban J connectivity index is 1.68. The summed E-state index contributed by atoms with van der Waals surface area (Å²) in [5, 5.41) is -2.28. The van der Waals surface area contributed by atoms with Crippen LogP contribution < -0.4 is 0 Å². The molecule has 0 nitrogen and oxygen atoms in total. The predicted molar refractivity (Wildman–Crippen MR) is 173 cm³/mol. The zero-order valence-electron chi connectivity index (χ0n) is 42.3. The number of benzene rings is 8. The average Bonchev–Trinajstić information content (AvgIpc) is 3.23. The SMILES string of the molecule is [2H]c1cc2c(-c3c([2H])c([2H])c([2H])c([2H])c3[2H])c3cc([2H])c([2H])cc3c(-c3c([2H])c([2H])c([2H])c4c(-c5c([2H])c([2H])c6c([2H])c([2H])c([2H])c([2H])c6c5[2H])c([2H])c([2H])c([2H])c34)c2cc1[2H]. The van der Waals surface area contributed by atoms with Gasteiger partial charge in [-0.3, -0.25) is 0 Å². The number of hydrogen-bond acceptors (Lipinski definition) is 0. The van der Waals surface area contributed by atoms with Crippen molar-refractivity contribution in [1.29, 1.82) is 0 Å². The zero-order chi connectivity index (χ0) is 45.6. The van der Waals surface area contributed by atoms with Crippen molar-refractivity contribution in [2.75, 3.05) is 0 Å². The van der Waals surface area contributed by atoms with Gasteiger partial charge < -0.3 is 0 Å². The van der Waals surface area contributed by atoms with Crippen LogP contribution in [0.25, 0.3) is 76.5 Å². The van der Waals surface area contributed by atoms with Crippen molar-refractivity contribution in [1.82, 2.24) is 0 Å². The van der Waals surface area contributed by atoms with E-state index in [1.807, 2.05) is 0 Å². The molecule has 0 heteroatoms. The highest BCUT2D eigenvalue weighted by Gasteiger charge is 2.18. The molecule has 0 saturated carbocycles. The Morgan fingerprint density at radius 2 is 0.875 bits per heavy atom. The van der Waals surface area contributed by atoms with Gasteiger partial charge in [-0.2, -0.15) is 0 Å². The fourth-order valence-electron chi connectivity index (χ4n) is 5.02. The van der Waals surface area contributed by atoms with Crippen molar-refractivity contribution in [2.45, 2.75) is 0 Å². The molecule has 0 bridgehead atoms. The number of rotatable bonds is 3. The van der Waals surface area contributed by atoms with Crippen molar-refractivity contribution >= 4 is 43.1 Å². The van der Waals surface area contributed by atoms with Crippen LogP contribution in [0.5, 0.6) is 0 Å². The summed E-state index contributed by atoms with van der Waals surface area (Å²) in [5.41, 5.74) is -2.30. The molecule has 0 saturated heterocycles. The molecule has 8 aromatic rings. The van der Waals surface area contributed by atoms with E-state index in [0.717, 1.165) is 24.3 Å². The molecule has 0 aliphatic rings. The fourth-order valence-corrected chi connectivity index (χ4v) is 5.02. The minimum absolute atomic E-state index is 0.0578. The first kappa shape index (κ1) is 9.77. The van der Waals surface area contributed by atoms with Crippen LogP contribution in [0.3, 0.4) is 0 Å². The highest BCUT2D eigenvalue weighted by molar-refractivity contribution is 6.24. The maximum absolute atomic E-state index is 9.40. The number of fused-ring (bicyclic) bond motifs is 4. The predicted octanol–water partition coefficient (Wildman–Crippen LogP) is 11.3. The lowest BCUT2D eigenvalue weighted by atomic mass is 9.84. The van der Waals surface area contributed by atoms with Crippen LogP contribution in [0, 0.1) is 0 Å². The minimum Gasteiger partial charge on any atom is -0.0622 e. The third-order valence-corrected chi connectivity index (χ3v) is 6.69. The second kappa shape index (κ2) is 9.22. The standard InChI is InChI=1S/C40H26/c1-2-13-28(14-3-1)39-35-16-6-8-18-37(35)40(38-19-9-7-17-36(38)39)34-23-11-21-32-31(20-10-22-33(32)34)30-25-24-27-12-4-5-15-29(27)26-30/h1-26H/i1D,2D,3D,4D,5D,6D,7D,8D,9D,10D,11D,12D,13D,14D,15D,20D,21D,22D,23D,24D,25D,26D. The van der Waals surface area contributed by atoms with Gasteiger partial charge in [0.05, 0.1) is 30.2 Å². The smallest absolute Gasteiger partial charge is 0.0622 e. The van der Waals surface area contributed by atoms with Gasteiger partial charge >= 0.3 is 0 Å². The van der Waals surface area contributed by atoms with E-state index in [9.17, 15) is 5.48 Å². The van der Waals surface area contributed by atoms with Crippen LogP contribution in [-0.4, -0.2) is 0 Å². The van der Waals surface area contributed by atoms with E-state index in [1.165, 1.54) is 0 Å². The second-order valence-corrected chi connectivity index (χ2v) is 8.81. The van der Waals surface area contributed by atoms with Crippen LogP contribution in [0.1, 0.15) is 30.2 Å². The molecule has 0 amide bonds. The zero-order valence-corrected chi connectivity index (χ0v) is 20.3. The second-order valence-electron chi connectivity index (χ2n) is 8.81. The summed E-state index contributed by atoms with van der Waals surface area (Å²) in [6, 6.07) is -10.8. The molecule has 0 N–H and O–H groups in total. The Hall–Kier alpha value is -5.20. The van der Waals surface area contributed by atoms with Gasteiger partial charge in [-0.25, -0.2) is 0 Å². The van der Waals surface area contributed by atoms with E-state index in [4.69, 9.17) is 24.7 Å². The molecular formula is C40H26. The van der Waals surface area contributed by atoms with Crippen LogP contribution in [0.4, 0.5) is 0 Å². The molecule has 0 spiro atoms. The molecule has 0 radical (unpaired) electrons. The highest BCUT2D eigenvalue weighted by atomic mass is 14.2. The molecule has 8 rings (SSSR count). The Morgan fingerprint density at radius 3 is 1.55 bits per heavy atom. The maximum atomic E-state index is 9.40. The first-order valence-electron chi connectivity index (χ1n) is 23.1.